The first-order chi connectivity index (χ1) is 14.0. The Balaban J connectivity index is 1.89. The molecule has 0 aromatic carbocycles. The standard InChI is InChI=1S/C16H19F5O9S/c1-4(2)11(22)28-9-6-3-5-7(12(23)29-10(5)9)8(6)13(24)30-14(15(17,18)19)16(20,21)31(25,26)27/h5-12,14,22-23H,1,3H2,2H3,(H,25,26,27). The molecule has 0 radical (unpaired) electrons. The fourth-order valence-corrected chi connectivity index (χ4v) is 5.05. The summed E-state index contributed by atoms with van der Waals surface area (Å²) in [7, 11) is -6.59. The van der Waals surface area contributed by atoms with Gasteiger partial charge in [-0.1, -0.05) is 6.58 Å². The Hall–Kier alpha value is -1.39. The number of halogens is 5. The molecule has 0 aromatic heterocycles. The van der Waals surface area contributed by atoms with Gasteiger partial charge in [0.2, 0.25) is 0 Å². The third kappa shape index (κ3) is 3.95. The van der Waals surface area contributed by atoms with Crippen molar-refractivity contribution in [2.75, 3.05) is 0 Å². The average molecular weight is 482 g/mol. The van der Waals surface area contributed by atoms with Crippen LogP contribution in [0.25, 0.3) is 0 Å². The van der Waals surface area contributed by atoms with Crippen LogP contribution >= 0.6 is 0 Å². The van der Waals surface area contributed by atoms with E-state index in [4.69, 9.17) is 14.0 Å². The first kappa shape index (κ1) is 24.3. The van der Waals surface area contributed by atoms with E-state index in [1.165, 1.54) is 6.92 Å². The topological polar surface area (TPSA) is 140 Å². The van der Waals surface area contributed by atoms with Crippen LogP contribution in [0.15, 0.2) is 12.2 Å². The number of carbonyl (C=O) groups excluding carboxylic acids is 1. The number of hydrogen-bond donors (Lipinski definition) is 3. The molecule has 2 aliphatic carbocycles. The van der Waals surface area contributed by atoms with E-state index in [9.17, 15) is 45.4 Å². The fraction of sp³-hybridized carbons (Fsp3) is 0.812. The second-order valence-corrected chi connectivity index (χ2v) is 9.35. The Labute approximate surface area is 172 Å². The molecule has 9 nitrogen and oxygen atoms in total. The number of aliphatic hydroxyl groups is 2. The number of ether oxygens (including phenoxy) is 3. The van der Waals surface area contributed by atoms with Crippen LogP contribution in [0.5, 0.6) is 0 Å². The van der Waals surface area contributed by atoms with Gasteiger partial charge in [0.05, 0.1) is 18.1 Å². The van der Waals surface area contributed by atoms with E-state index >= 15 is 0 Å². The number of alkyl halides is 5. The van der Waals surface area contributed by atoms with Crippen molar-refractivity contribution in [3.8, 4) is 0 Å². The van der Waals surface area contributed by atoms with E-state index in [-0.39, 0.29) is 12.0 Å². The maximum atomic E-state index is 13.8. The molecule has 9 unspecified atom stereocenters. The molecule has 9 atom stereocenters. The summed E-state index contributed by atoms with van der Waals surface area (Å²) in [5.41, 5.74) is 0.155. The predicted molar refractivity (Wildman–Crippen MR) is 87.6 cm³/mol. The molecule has 3 fully saturated rings. The second kappa shape index (κ2) is 7.59. The zero-order chi connectivity index (χ0) is 23.7. The molecule has 1 saturated heterocycles. The Bertz CT molecular complexity index is 860. The molecular formula is C16H19F5O9S. The van der Waals surface area contributed by atoms with Crippen molar-refractivity contribution in [3.05, 3.63) is 12.2 Å². The quantitative estimate of drug-likeness (QED) is 0.158. The van der Waals surface area contributed by atoms with Gasteiger partial charge in [0.1, 0.15) is 0 Å². The first-order valence-corrected chi connectivity index (χ1v) is 10.4. The number of hydrogen-bond acceptors (Lipinski definition) is 8. The van der Waals surface area contributed by atoms with Gasteiger partial charge in [-0.3, -0.25) is 9.35 Å². The molecule has 2 saturated carbocycles. The average Bonchev–Trinajstić information content (AvgIpc) is 3.20. The van der Waals surface area contributed by atoms with E-state index in [1.807, 2.05) is 0 Å². The van der Waals surface area contributed by atoms with Crippen LogP contribution in [0.3, 0.4) is 0 Å². The van der Waals surface area contributed by atoms with E-state index in [2.05, 4.69) is 11.3 Å². The molecule has 2 bridgehead atoms. The normalized spacial score (nSPS) is 37.0. The summed E-state index contributed by atoms with van der Waals surface area (Å²) in [6, 6.07) is 0. The Morgan fingerprint density at radius 1 is 1.23 bits per heavy atom. The first-order valence-electron chi connectivity index (χ1n) is 8.93. The Morgan fingerprint density at radius 2 is 1.81 bits per heavy atom. The highest BCUT2D eigenvalue weighted by molar-refractivity contribution is 7.86. The Morgan fingerprint density at radius 3 is 2.29 bits per heavy atom. The van der Waals surface area contributed by atoms with E-state index in [0.717, 1.165) is 0 Å². The van der Waals surface area contributed by atoms with Gasteiger partial charge in [0.15, 0.2) is 12.6 Å². The molecule has 0 spiro atoms. The summed E-state index contributed by atoms with van der Waals surface area (Å²) in [6.07, 6.45) is -15.6. The van der Waals surface area contributed by atoms with Crippen LogP contribution in [0.1, 0.15) is 13.3 Å². The maximum absolute atomic E-state index is 13.8. The van der Waals surface area contributed by atoms with E-state index < -0.39 is 82.1 Å². The maximum Gasteiger partial charge on any atom is 0.432 e. The number of rotatable bonds is 7. The van der Waals surface area contributed by atoms with Crippen molar-refractivity contribution in [2.45, 2.75) is 55.7 Å². The van der Waals surface area contributed by atoms with Crippen molar-refractivity contribution in [1.29, 1.82) is 0 Å². The number of carbonyl (C=O) groups is 1. The van der Waals surface area contributed by atoms with Crippen LogP contribution in [-0.4, -0.2) is 71.5 Å². The van der Waals surface area contributed by atoms with Crippen molar-refractivity contribution in [1.82, 2.24) is 0 Å². The summed E-state index contributed by atoms with van der Waals surface area (Å²) >= 11 is 0. The lowest BCUT2D eigenvalue weighted by molar-refractivity contribution is -0.262. The largest absolute Gasteiger partial charge is 0.444 e. The van der Waals surface area contributed by atoms with E-state index in [1.54, 1.807) is 0 Å². The molecule has 3 rings (SSSR count). The van der Waals surface area contributed by atoms with Crippen LogP contribution in [0.4, 0.5) is 22.0 Å². The summed E-state index contributed by atoms with van der Waals surface area (Å²) in [5.74, 6) is -6.19. The molecule has 3 aliphatic rings. The lowest BCUT2D eigenvalue weighted by Crippen LogP contribution is -2.54. The molecule has 1 heterocycles. The van der Waals surface area contributed by atoms with Crippen LogP contribution < -0.4 is 0 Å². The van der Waals surface area contributed by atoms with E-state index in [0.29, 0.717) is 0 Å². The number of esters is 1. The van der Waals surface area contributed by atoms with Gasteiger partial charge in [-0.05, 0) is 24.8 Å². The van der Waals surface area contributed by atoms with Gasteiger partial charge in [-0.15, -0.1) is 0 Å². The minimum absolute atomic E-state index is 0.0884. The number of fused-ring (bicyclic) bond motifs is 1. The highest BCUT2D eigenvalue weighted by Gasteiger charge is 2.71. The highest BCUT2D eigenvalue weighted by atomic mass is 32.2. The predicted octanol–water partition coefficient (Wildman–Crippen LogP) is 0.820. The third-order valence-electron chi connectivity index (χ3n) is 5.87. The minimum Gasteiger partial charge on any atom is -0.444 e. The molecule has 0 amide bonds. The van der Waals surface area contributed by atoms with Crippen molar-refractivity contribution in [3.63, 3.8) is 0 Å². The van der Waals surface area contributed by atoms with Gasteiger partial charge in [0.25, 0.3) is 6.10 Å². The summed E-state index contributed by atoms with van der Waals surface area (Å²) in [5, 5.41) is 14.1. The zero-order valence-corrected chi connectivity index (χ0v) is 16.5. The number of aliphatic hydroxyl groups excluding tert-OH is 2. The van der Waals surface area contributed by atoms with Crippen molar-refractivity contribution >= 4 is 16.1 Å². The van der Waals surface area contributed by atoms with Gasteiger partial charge in [-0.25, -0.2) is 0 Å². The van der Waals surface area contributed by atoms with Crippen LogP contribution in [-0.2, 0) is 29.1 Å². The molecular weight excluding hydrogens is 463 g/mol. The van der Waals surface area contributed by atoms with Gasteiger partial charge in [0, 0.05) is 11.8 Å². The molecule has 1 aliphatic heterocycles. The van der Waals surface area contributed by atoms with Gasteiger partial charge in [-0.2, -0.15) is 30.4 Å². The Kier molecular flexibility index (Phi) is 5.94. The minimum atomic E-state index is -6.59. The lowest BCUT2D eigenvalue weighted by Gasteiger charge is -2.34. The summed E-state index contributed by atoms with van der Waals surface area (Å²) in [4.78, 5) is 12.5. The summed E-state index contributed by atoms with van der Waals surface area (Å²) in [6.45, 7) is 4.87. The van der Waals surface area contributed by atoms with Crippen LogP contribution in [0.2, 0.25) is 0 Å². The molecule has 178 valence electrons. The van der Waals surface area contributed by atoms with Crippen LogP contribution in [0, 0.1) is 23.7 Å². The van der Waals surface area contributed by atoms with Gasteiger partial charge >= 0.3 is 27.5 Å². The smallest absolute Gasteiger partial charge is 0.432 e. The summed E-state index contributed by atoms with van der Waals surface area (Å²) < 4.78 is 111. The zero-order valence-electron chi connectivity index (χ0n) is 15.7. The van der Waals surface area contributed by atoms with Crippen molar-refractivity contribution in [2.24, 2.45) is 23.7 Å². The second-order valence-electron chi connectivity index (χ2n) is 7.85. The fourth-order valence-electron chi connectivity index (χ4n) is 4.60. The van der Waals surface area contributed by atoms with Crippen molar-refractivity contribution < 1.29 is 64.1 Å². The monoisotopic (exact) mass is 482 g/mol. The lowest BCUT2D eigenvalue weighted by atomic mass is 9.78. The third-order valence-corrected chi connectivity index (χ3v) is 6.77. The molecule has 0 aromatic rings. The SMILES string of the molecule is C=C(C)C(O)OC1C2CC3C1OC(O)C3C2C(=O)OC(C(F)(F)F)C(F)(F)S(=O)(=O)O. The highest BCUT2D eigenvalue weighted by Crippen LogP contribution is 2.60. The molecule has 15 heteroatoms. The molecule has 3 N–H and O–H groups in total. The van der Waals surface area contributed by atoms with Gasteiger partial charge < -0.3 is 24.4 Å². The molecule has 31 heavy (non-hydrogen) atoms.